The van der Waals surface area contributed by atoms with Gasteiger partial charge in [0, 0.05) is 37.8 Å². The van der Waals surface area contributed by atoms with Gasteiger partial charge in [0.2, 0.25) is 0 Å². The van der Waals surface area contributed by atoms with Gasteiger partial charge in [-0.05, 0) is 34.4 Å². The summed E-state index contributed by atoms with van der Waals surface area (Å²) in [7, 11) is 4.28. The van der Waals surface area contributed by atoms with E-state index in [1.54, 1.807) is 0 Å². The molecule has 3 heteroatoms. The van der Waals surface area contributed by atoms with Gasteiger partial charge in [0.25, 0.3) is 0 Å². The molecule has 1 aliphatic rings. The van der Waals surface area contributed by atoms with Gasteiger partial charge < -0.3 is 5.32 Å². The van der Waals surface area contributed by atoms with Crippen molar-refractivity contribution in [2.75, 3.05) is 40.3 Å². The van der Waals surface area contributed by atoms with Gasteiger partial charge in [-0.1, -0.05) is 6.92 Å². The first-order valence-electron chi connectivity index (χ1n) is 6.11. The molecule has 1 aliphatic heterocycles. The molecule has 0 spiro atoms. The van der Waals surface area contributed by atoms with Crippen LogP contribution in [-0.4, -0.2) is 61.7 Å². The first-order valence-corrected chi connectivity index (χ1v) is 6.11. The molecule has 3 nitrogen and oxygen atoms in total. The SMILES string of the molecule is CCC(CNC)N1CCN(C)C(C)(C)C1. The summed E-state index contributed by atoms with van der Waals surface area (Å²) in [5, 5.41) is 3.30. The normalized spacial score (nSPS) is 25.4. The van der Waals surface area contributed by atoms with Gasteiger partial charge in [-0.15, -0.1) is 0 Å². The molecule has 1 fully saturated rings. The van der Waals surface area contributed by atoms with Crippen LogP contribution in [0, 0.1) is 0 Å². The van der Waals surface area contributed by atoms with Crippen LogP contribution < -0.4 is 5.32 Å². The first kappa shape index (κ1) is 12.9. The smallest absolute Gasteiger partial charge is 0.0277 e. The van der Waals surface area contributed by atoms with Gasteiger partial charge >= 0.3 is 0 Å². The predicted octanol–water partition coefficient (Wildman–Crippen LogP) is 1.01. The van der Waals surface area contributed by atoms with Crippen molar-refractivity contribution in [1.29, 1.82) is 0 Å². The lowest BCUT2D eigenvalue weighted by molar-refractivity contribution is 0.0162. The van der Waals surface area contributed by atoms with Crippen LogP contribution in [0.3, 0.4) is 0 Å². The van der Waals surface area contributed by atoms with Gasteiger partial charge in [0.05, 0.1) is 0 Å². The minimum atomic E-state index is 0.319. The van der Waals surface area contributed by atoms with Crippen LogP contribution in [0.4, 0.5) is 0 Å². The average molecular weight is 213 g/mol. The Morgan fingerprint density at radius 3 is 2.47 bits per heavy atom. The molecule has 15 heavy (non-hydrogen) atoms. The van der Waals surface area contributed by atoms with Crippen LogP contribution in [0.2, 0.25) is 0 Å². The van der Waals surface area contributed by atoms with E-state index in [1.165, 1.54) is 26.1 Å². The summed E-state index contributed by atoms with van der Waals surface area (Å²) in [6.45, 7) is 11.6. The Balaban J connectivity index is 2.56. The van der Waals surface area contributed by atoms with E-state index in [-0.39, 0.29) is 0 Å². The molecule has 0 aromatic rings. The van der Waals surface area contributed by atoms with E-state index in [4.69, 9.17) is 0 Å². The quantitative estimate of drug-likeness (QED) is 0.752. The second kappa shape index (κ2) is 5.28. The highest BCUT2D eigenvalue weighted by Crippen LogP contribution is 2.21. The fourth-order valence-corrected chi connectivity index (χ4v) is 2.36. The van der Waals surface area contributed by atoms with Crippen LogP contribution in [0.25, 0.3) is 0 Å². The van der Waals surface area contributed by atoms with Crippen LogP contribution in [0.5, 0.6) is 0 Å². The van der Waals surface area contributed by atoms with Crippen LogP contribution in [-0.2, 0) is 0 Å². The Morgan fingerprint density at radius 1 is 1.33 bits per heavy atom. The van der Waals surface area contributed by atoms with Crippen LogP contribution in [0.15, 0.2) is 0 Å². The lowest BCUT2D eigenvalue weighted by Gasteiger charge is -2.48. The zero-order chi connectivity index (χ0) is 11.5. The molecule has 0 bridgehead atoms. The van der Waals surface area contributed by atoms with Gasteiger partial charge in [0.15, 0.2) is 0 Å². The average Bonchev–Trinajstić information content (AvgIpc) is 2.18. The van der Waals surface area contributed by atoms with Crippen molar-refractivity contribution in [3.05, 3.63) is 0 Å². The highest BCUT2D eigenvalue weighted by Gasteiger charge is 2.33. The first-order chi connectivity index (χ1) is 7.01. The number of nitrogens with one attached hydrogen (secondary N) is 1. The fourth-order valence-electron chi connectivity index (χ4n) is 2.36. The molecular weight excluding hydrogens is 186 g/mol. The van der Waals surface area contributed by atoms with Crippen LogP contribution >= 0.6 is 0 Å². The van der Waals surface area contributed by atoms with Gasteiger partial charge in [-0.2, -0.15) is 0 Å². The molecule has 1 N–H and O–H groups in total. The van der Waals surface area contributed by atoms with Gasteiger partial charge in [0.1, 0.15) is 0 Å². The molecule has 0 amide bonds. The molecule has 1 unspecified atom stereocenters. The lowest BCUT2D eigenvalue weighted by atomic mass is 9.98. The Kier molecular flexibility index (Phi) is 4.56. The highest BCUT2D eigenvalue weighted by molar-refractivity contribution is 4.90. The van der Waals surface area contributed by atoms with E-state index in [0.29, 0.717) is 11.6 Å². The summed E-state index contributed by atoms with van der Waals surface area (Å²) in [4.78, 5) is 5.10. The summed E-state index contributed by atoms with van der Waals surface area (Å²) >= 11 is 0. The third-order valence-corrected chi connectivity index (χ3v) is 3.77. The minimum Gasteiger partial charge on any atom is -0.318 e. The second-order valence-corrected chi connectivity index (χ2v) is 5.32. The summed E-state index contributed by atoms with van der Waals surface area (Å²) < 4.78 is 0. The molecular formula is C12H27N3. The molecule has 0 aromatic carbocycles. The van der Waals surface area contributed by atoms with E-state index in [1.807, 2.05) is 7.05 Å². The van der Waals surface area contributed by atoms with Crippen molar-refractivity contribution in [2.24, 2.45) is 0 Å². The van der Waals surface area contributed by atoms with E-state index in [0.717, 1.165) is 6.54 Å². The fraction of sp³-hybridized carbons (Fsp3) is 1.00. The maximum absolute atomic E-state index is 3.30. The Hall–Kier alpha value is -0.120. The molecule has 1 saturated heterocycles. The number of rotatable bonds is 4. The van der Waals surface area contributed by atoms with Gasteiger partial charge in [-0.25, -0.2) is 0 Å². The largest absolute Gasteiger partial charge is 0.318 e. The topological polar surface area (TPSA) is 18.5 Å². The Morgan fingerprint density at radius 2 is 2.00 bits per heavy atom. The summed E-state index contributed by atoms with van der Waals surface area (Å²) in [5.74, 6) is 0. The van der Waals surface area contributed by atoms with Crippen LogP contribution in [0.1, 0.15) is 27.2 Å². The Bertz CT molecular complexity index is 191. The lowest BCUT2D eigenvalue weighted by Crippen LogP contribution is -2.60. The number of hydrogen-bond acceptors (Lipinski definition) is 3. The molecule has 0 aromatic heterocycles. The molecule has 1 atom stereocenters. The molecule has 1 rings (SSSR count). The van der Waals surface area contributed by atoms with E-state index < -0.39 is 0 Å². The van der Waals surface area contributed by atoms with Crippen molar-refractivity contribution >= 4 is 0 Å². The standard InChI is InChI=1S/C12H27N3/c1-6-11(9-13-4)15-8-7-14(5)12(2,3)10-15/h11,13H,6-10H2,1-5H3. The van der Waals surface area contributed by atoms with Gasteiger partial charge in [-0.3, -0.25) is 9.80 Å². The number of piperazine rings is 1. The number of nitrogens with zero attached hydrogens (tertiary/aromatic N) is 2. The van der Waals surface area contributed by atoms with E-state index in [2.05, 4.69) is 42.9 Å². The molecule has 0 radical (unpaired) electrons. The van der Waals surface area contributed by atoms with E-state index >= 15 is 0 Å². The monoisotopic (exact) mass is 213 g/mol. The van der Waals surface area contributed by atoms with Crippen molar-refractivity contribution in [3.8, 4) is 0 Å². The summed E-state index contributed by atoms with van der Waals surface area (Å²) in [6, 6.07) is 0.697. The number of hydrogen-bond donors (Lipinski definition) is 1. The molecule has 0 aliphatic carbocycles. The predicted molar refractivity (Wildman–Crippen MR) is 66.3 cm³/mol. The number of likely N-dealkylation sites (N-methyl/N-ethyl adjacent to an activating group) is 2. The molecule has 0 saturated carbocycles. The van der Waals surface area contributed by atoms with Crippen molar-refractivity contribution in [3.63, 3.8) is 0 Å². The third-order valence-electron chi connectivity index (χ3n) is 3.77. The minimum absolute atomic E-state index is 0.319. The molecule has 90 valence electrons. The summed E-state index contributed by atoms with van der Waals surface area (Å²) in [5.41, 5.74) is 0.319. The zero-order valence-electron chi connectivity index (χ0n) is 11.0. The highest BCUT2D eigenvalue weighted by atomic mass is 15.3. The van der Waals surface area contributed by atoms with E-state index in [9.17, 15) is 0 Å². The zero-order valence-corrected chi connectivity index (χ0v) is 11.0. The third kappa shape index (κ3) is 3.16. The Labute approximate surface area is 94.8 Å². The van der Waals surface area contributed by atoms with Crippen molar-refractivity contribution in [2.45, 2.75) is 38.8 Å². The van der Waals surface area contributed by atoms with Crippen molar-refractivity contribution in [1.82, 2.24) is 15.1 Å². The summed E-state index contributed by atoms with van der Waals surface area (Å²) in [6.07, 6.45) is 1.24. The maximum atomic E-state index is 3.30. The maximum Gasteiger partial charge on any atom is 0.0277 e. The van der Waals surface area contributed by atoms with Crippen molar-refractivity contribution < 1.29 is 0 Å². The molecule has 1 heterocycles. The second-order valence-electron chi connectivity index (χ2n) is 5.32.